The van der Waals surface area contributed by atoms with Crippen LogP contribution in [0.4, 0.5) is 11.4 Å². The van der Waals surface area contributed by atoms with E-state index < -0.39 is 0 Å². The van der Waals surface area contributed by atoms with Crippen LogP contribution in [0.15, 0.2) is 48.5 Å². The first-order valence-corrected chi connectivity index (χ1v) is 6.77. The van der Waals surface area contributed by atoms with E-state index in [1.807, 2.05) is 17.0 Å². The molecule has 0 unspecified atom stereocenters. The molecule has 0 radical (unpaired) electrons. The number of hydrogen-bond donors (Lipinski definition) is 1. The van der Waals surface area contributed by atoms with Crippen LogP contribution in [-0.2, 0) is 12.8 Å². The fourth-order valence-electron chi connectivity index (χ4n) is 2.36. The molecular formula is C17H20N2. The van der Waals surface area contributed by atoms with Gasteiger partial charge in [-0.15, -0.1) is 0 Å². The summed E-state index contributed by atoms with van der Waals surface area (Å²) in [5.74, 6) is 0. The van der Waals surface area contributed by atoms with Gasteiger partial charge in [-0.1, -0.05) is 50.2 Å². The Morgan fingerprint density at radius 2 is 1.26 bits per heavy atom. The molecule has 2 aromatic carbocycles. The summed E-state index contributed by atoms with van der Waals surface area (Å²) in [6.07, 6.45) is 3.34. The van der Waals surface area contributed by atoms with Gasteiger partial charge in [-0.3, -0.25) is 5.41 Å². The van der Waals surface area contributed by atoms with Gasteiger partial charge >= 0.3 is 0 Å². The lowest BCUT2D eigenvalue weighted by molar-refractivity contribution is 1.10. The van der Waals surface area contributed by atoms with Gasteiger partial charge in [0.1, 0.15) is 0 Å². The topological polar surface area (TPSA) is 27.1 Å². The highest BCUT2D eigenvalue weighted by Gasteiger charge is 2.12. The van der Waals surface area contributed by atoms with E-state index in [2.05, 4.69) is 50.2 Å². The molecule has 0 aliphatic heterocycles. The third kappa shape index (κ3) is 2.68. The number of para-hydroxylation sites is 2. The van der Waals surface area contributed by atoms with Gasteiger partial charge < -0.3 is 4.90 Å². The van der Waals surface area contributed by atoms with E-state index in [0.29, 0.717) is 0 Å². The zero-order chi connectivity index (χ0) is 13.7. The lowest BCUT2D eigenvalue weighted by Crippen LogP contribution is -2.17. The van der Waals surface area contributed by atoms with Crippen LogP contribution in [-0.4, -0.2) is 6.34 Å². The number of nitrogens with zero attached hydrogens (tertiary/aromatic N) is 1. The first kappa shape index (κ1) is 13.3. The van der Waals surface area contributed by atoms with Gasteiger partial charge in [0.2, 0.25) is 0 Å². The van der Waals surface area contributed by atoms with E-state index in [0.717, 1.165) is 24.2 Å². The number of aryl methyl sites for hydroxylation is 2. The van der Waals surface area contributed by atoms with Crippen LogP contribution >= 0.6 is 0 Å². The standard InChI is InChI=1S/C17H20N2/c1-3-14-9-5-7-11-16(14)19(13-18)17-12-8-6-10-15(17)4-2/h5-13,18H,3-4H2,1-2H3. The predicted octanol–water partition coefficient (Wildman–Crippen LogP) is 4.56. The molecule has 0 saturated carbocycles. The highest BCUT2D eigenvalue weighted by atomic mass is 15.1. The molecule has 2 heteroatoms. The van der Waals surface area contributed by atoms with Crippen LogP contribution in [0.3, 0.4) is 0 Å². The molecule has 1 N–H and O–H groups in total. The molecule has 2 nitrogen and oxygen atoms in total. The van der Waals surface area contributed by atoms with Crippen LogP contribution in [0.5, 0.6) is 0 Å². The van der Waals surface area contributed by atoms with E-state index in [1.165, 1.54) is 17.5 Å². The summed E-state index contributed by atoms with van der Waals surface area (Å²) in [7, 11) is 0. The minimum atomic E-state index is 0.967. The summed E-state index contributed by atoms with van der Waals surface area (Å²) in [6, 6.07) is 16.6. The maximum absolute atomic E-state index is 7.78. The first-order valence-electron chi connectivity index (χ1n) is 6.77. The van der Waals surface area contributed by atoms with Crippen LogP contribution in [0.25, 0.3) is 0 Å². The molecule has 0 aliphatic carbocycles. The Morgan fingerprint density at radius 1 is 0.842 bits per heavy atom. The Labute approximate surface area is 115 Å². The molecule has 98 valence electrons. The highest BCUT2D eigenvalue weighted by molar-refractivity contribution is 5.90. The second kappa shape index (κ2) is 6.19. The highest BCUT2D eigenvalue weighted by Crippen LogP contribution is 2.30. The number of anilines is 2. The molecule has 0 heterocycles. The van der Waals surface area contributed by atoms with Crippen molar-refractivity contribution in [1.82, 2.24) is 0 Å². The molecule has 0 saturated heterocycles. The van der Waals surface area contributed by atoms with Crippen LogP contribution < -0.4 is 4.90 Å². The second-order valence-corrected chi connectivity index (χ2v) is 4.46. The van der Waals surface area contributed by atoms with Gasteiger partial charge in [0.25, 0.3) is 0 Å². The Balaban J connectivity index is 2.53. The quantitative estimate of drug-likeness (QED) is 0.613. The van der Waals surface area contributed by atoms with Crippen LogP contribution in [0, 0.1) is 5.41 Å². The molecule has 0 aromatic heterocycles. The smallest absolute Gasteiger partial charge is 0.0908 e. The number of nitrogens with one attached hydrogen (secondary N) is 1. The second-order valence-electron chi connectivity index (χ2n) is 4.46. The third-order valence-electron chi connectivity index (χ3n) is 3.39. The van der Waals surface area contributed by atoms with Crippen molar-refractivity contribution in [3.63, 3.8) is 0 Å². The van der Waals surface area contributed by atoms with E-state index in [9.17, 15) is 0 Å². The maximum atomic E-state index is 7.78. The van der Waals surface area contributed by atoms with Crippen LogP contribution in [0.2, 0.25) is 0 Å². The fraction of sp³-hybridized carbons (Fsp3) is 0.235. The summed E-state index contributed by atoms with van der Waals surface area (Å²) in [4.78, 5) is 1.97. The van der Waals surface area contributed by atoms with Crippen molar-refractivity contribution in [3.8, 4) is 0 Å². The van der Waals surface area contributed by atoms with Crippen molar-refractivity contribution in [1.29, 1.82) is 5.41 Å². The summed E-state index contributed by atoms with van der Waals surface area (Å²) in [5, 5.41) is 7.78. The largest absolute Gasteiger partial charge is 0.301 e. The van der Waals surface area contributed by atoms with Crippen LogP contribution in [0.1, 0.15) is 25.0 Å². The summed E-state index contributed by atoms with van der Waals surface area (Å²) >= 11 is 0. The Hall–Kier alpha value is -2.09. The van der Waals surface area contributed by atoms with E-state index >= 15 is 0 Å². The van der Waals surface area contributed by atoms with Crippen molar-refractivity contribution < 1.29 is 0 Å². The monoisotopic (exact) mass is 252 g/mol. The average Bonchev–Trinajstić information content (AvgIpc) is 2.49. The van der Waals surface area contributed by atoms with Crippen molar-refractivity contribution >= 4 is 17.7 Å². The van der Waals surface area contributed by atoms with Gasteiger partial charge in [-0.25, -0.2) is 0 Å². The van der Waals surface area contributed by atoms with Crippen molar-refractivity contribution in [3.05, 3.63) is 59.7 Å². The molecular weight excluding hydrogens is 232 g/mol. The average molecular weight is 252 g/mol. The third-order valence-corrected chi connectivity index (χ3v) is 3.39. The number of rotatable bonds is 5. The maximum Gasteiger partial charge on any atom is 0.0908 e. The van der Waals surface area contributed by atoms with E-state index in [1.54, 1.807) is 0 Å². The van der Waals surface area contributed by atoms with Gasteiger partial charge in [0.05, 0.1) is 17.7 Å². The SMILES string of the molecule is CCc1ccccc1N(C=N)c1ccccc1CC. The molecule has 0 spiro atoms. The van der Waals surface area contributed by atoms with Gasteiger partial charge in [0, 0.05) is 0 Å². The molecule has 2 rings (SSSR count). The fourth-order valence-corrected chi connectivity index (χ4v) is 2.36. The van der Waals surface area contributed by atoms with Gasteiger partial charge in [-0.2, -0.15) is 0 Å². The molecule has 0 aliphatic rings. The predicted molar refractivity (Wildman–Crippen MR) is 82.6 cm³/mol. The molecule has 0 atom stereocenters. The minimum Gasteiger partial charge on any atom is -0.301 e. The lowest BCUT2D eigenvalue weighted by atomic mass is 10.1. The summed E-state index contributed by atoms with van der Waals surface area (Å²) < 4.78 is 0. The Bertz CT molecular complexity index is 513. The summed E-state index contributed by atoms with van der Waals surface area (Å²) in [5.41, 5.74) is 4.72. The molecule has 0 amide bonds. The summed E-state index contributed by atoms with van der Waals surface area (Å²) in [6.45, 7) is 4.29. The lowest BCUT2D eigenvalue weighted by Gasteiger charge is -2.24. The van der Waals surface area contributed by atoms with Crippen molar-refractivity contribution in [2.24, 2.45) is 0 Å². The van der Waals surface area contributed by atoms with Gasteiger partial charge in [0.15, 0.2) is 0 Å². The zero-order valence-corrected chi connectivity index (χ0v) is 11.6. The number of hydrogen-bond acceptors (Lipinski definition) is 1. The Kier molecular flexibility index (Phi) is 4.35. The van der Waals surface area contributed by atoms with E-state index in [4.69, 9.17) is 5.41 Å². The molecule has 19 heavy (non-hydrogen) atoms. The zero-order valence-electron chi connectivity index (χ0n) is 11.6. The first-order chi connectivity index (χ1) is 9.31. The van der Waals surface area contributed by atoms with E-state index in [-0.39, 0.29) is 0 Å². The molecule has 0 bridgehead atoms. The Morgan fingerprint density at radius 3 is 1.63 bits per heavy atom. The normalized spacial score (nSPS) is 10.2. The minimum absolute atomic E-state index is 0.967. The van der Waals surface area contributed by atoms with Gasteiger partial charge in [-0.05, 0) is 36.1 Å². The van der Waals surface area contributed by atoms with Crippen molar-refractivity contribution in [2.45, 2.75) is 26.7 Å². The number of benzene rings is 2. The van der Waals surface area contributed by atoms with Crippen molar-refractivity contribution in [2.75, 3.05) is 4.90 Å². The molecule has 0 fully saturated rings. The molecule has 2 aromatic rings.